The van der Waals surface area contributed by atoms with Crippen LogP contribution in [0.5, 0.6) is 0 Å². The van der Waals surface area contributed by atoms with Gasteiger partial charge in [0.25, 0.3) is 5.91 Å². The zero-order valence-electron chi connectivity index (χ0n) is 10.3. The second kappa shape index (κ2) is 4.26. The minimum Gasteiger partial charge on any atom is -0.308 e. The molecule has 0 bridgehead atoms. The number of benzene rings is 1. The van der Waals surface area contributed by atoms with Crippen LogP contribution in [-0.2, 0) is 6.42 Å². The van der Waals surface area contributed by atoms with Gasteiger partial charge in [0, 0.05) is 24.6 Å². The molecule has 1 aromatic carbocycles. The first-order valence-electron chi connectivity index (χ1n) is 6.08. The van der Waals surface area contributed by atoms with Crippen molar-refractivity contribution < 1.29 is 4.79 Å². The van der Waals surface area contributed by atoms with Crippen molar-refractivity contribution in [3.05, 3.63) is 59.4 Å². The van der Waals surface area contributed by atoms with E-state index in [-0.39, 0.29) is 5.91 Å². The number of pyridine rings is 1. The summed E-state index contributed by atoms with van der Waals surface area (Å²) in [6.07, 6.45) is 4.30. The van der Waals surface area contributed by atoms with Gasteiger partial charge in [-0.05, 0) is 36.6 Å². The van der Waals surface area contributed by atoms with E-state index in [0.29, 0.717) is 5.56 Å². The number of hydrogen-bond acceptors (Lipinski definition) is 2. The molecule has 90 valence electrons. The minimum atomic E-state index is 0.0468. The summed E-state index contributed by atoms with van der Waals surface area (Å²) in [5.41, 5.74) is 3.94. The van der Waals surface area contributed by atoms with Gasteiger partial charge >= 0.3 is 0 Å². The molecule has 2 heterocycles. The normalized spacial score (nSPS) is 13.5. The Morgan fingerprint density at radius 2 is 2.11 bits per heavy atom. The Morgan fingerprint density at radius 3 is 2.94 bits per heavy atom. The summed E-state index contributed by atoms with van der Waals surface area (Å²) < 4.78 is 0. The predicted octanol–water partition coefficient (Wildman–Crippen LogP) is 2.59. The molecule has 3 nitrogen and oxygen atoms in total. The van der Waals surface area contributed by atoms with Crippen LogP contribution in [0, 0.1) is 6.92 Å². The summed E-state index contributed by atoms with van der Waals surface area (Å²) in [5.74, 6) is 0.0468. The maximum atomic E-state index is 12.5. The summed E-state index contributed by atoms with van der Waals surface area (Å²) in [4.78, 5) is 18.4. The largest absolute Gasteiger partial charge is 0.308 e. The highest BCUT2D eigenvalue weighted by atomic mass is 16.2. The Kier molecular flexibility index (Phi) is 2.59. The van der Waals surface area contributed by atoms with Gasteiger partial charge in [0.1, 0.15) is 0 Å². The predicted molar refractivity (Wildman–Crippen MR) is 70.8 cm³/mol. The van der Waals surface area contributed by atoms with E-state index >= 15 is 0 Å². The number of amides is 1. The molecule has 0 unspecified atom stereocenters. The van der Waals surface area contributed by atoms with E-state index in [9.17, 15) is 4.79 Å². The number of anilines is 1. The third-order valence-corrected chi connectivity index (χ3v) is 3.40. The van der Waals surface area contributed by atoms with Gasteiger partial charge in [0.15, 0.2) is 0 Å². The molecule has 1 amide bonds. The van der Waals surface area contributed by atoms with Crippen molar-refractivity contribution in [2.45, 2.75) is 13.3 Å². The van der Waals surface area contributed by atoms with Crippen LogP contribution < -0.4 is 4.90 Å². The molecule has 18 heavy (non-hydrogen) atoms. The van der Waals surface area contributed by atoms with Gasteiger partial charge in [-0.1, -0.05) is 18.2 Å². The monoisotopic (exact) mass is 238 g/mol. The Bertz CT molecular complexity index is 607. The fraction of sp³-hybridized carbons (Fsp3) is 0.200. The van der Waals surface area contributed by atoms with E-state index in [0.717, 1.165) is 24.2 Å². The Morgan fingerprint density at radius 1 is 1.28 bits per heavy atom. The number of carbonyl (C=O) groups is 1. The van der Waals surface area contributed by atoms with Gasteiger partial charge in [0.05, 0.1) is 5.56 Å². The van der Waals surface area contributed by atoms with Gasteiger partial charge in [-0.3, -0.25) is 9.78 Å². The van der Waals surface area contributed by atoms with Crippen molar-refractivity contribution >= 4 is 11.6 Å². The molecule has 0 N–H and O–H groups in total. The SMILES string of the molecule is Cc1ccncc1C(=O)N1CCc2ccccc21. The molecule has 0 spiro atoms. The third-order valence-electron chi connectivity index (χ3n) is 3.40. The first-order chi connectivity index (χ1) is 8.77. The zero-order chi connectivity index (χ0) is 12.5. The van der Waals surface area contributed by atoms with Crippen molar-refractivity contribution in [1.82, 2.24) is 4.98 Å². The molecule has 0 fully saturated rings. The zero-order valence-corrected chi connectivity index (χ0v) is 10.3. The van der Waals surface area contributed by atoms with E-state index in [2.05, 4.69) is 11.1 Å². The van der Waals surface area contributed by atoms with Crippen LogP contribution in [0.1, 0.15) is 21.5 Å². The quantitative estimate of drug-likeness (QED) is 0.765. The molecule has 3 rings (SSSR count). The first kappa shape index (κ1) is 11.0. The van der Waals surface area contributed by atoms with Crippen LogP contribution in [0.15, 0.2) is 42.7 Å². The number of nitrogens with zero attached hydrogens (tertiary/aromatic N) is 2. The summed E-state index contributed by atoms with van der Waals surface area (Å²) >= 11 is 0. The van der Waals surface area contributed by atoms with Gasteiger partial charge in [0.2, 0.25) is 0 Å². The first-order valence-corrected chi connectivity index (χ1v) is 6.08. The molecule has 0 atom stereocenters. The number of fused-ring (bicyclic) bond motifs is 1. The molecule has 0 saturated carbocycles. The van der Waals surface area contributed by atoms with Crippen molar-refractivity contribution in [3.8, 4) is 0 Å². The maximum Gasteiger partial charge on any atom is 0.260 e. The van der Waals surface area contributed by atoms with E-state index in [1.165, 1.54) is 5.56 Å². The highest BCUT2D eigenvalue weighted by molar-refractivity contribution is 6.07. The molecule has 0 radical (unpaired) electrons. The van der Waals surface area contributed by atoms with Crippen LogP contribution >= 0.6 is 0 Å². The van der Waals surface area contributed by atoms with E-state index in [4.69, 9.17) is 0 Å². The molecule has 1 aliphatic rings. The van der Waals surface area contributed by atoms with Crippen LogP contribution in [0.3, 0.4) is 0 Å². The summed E-state index contributed by atoms with van der Waals surface area (Å²) in [5, 5.41) is 0. The second-order valence-corrected chi connectivity index (χ2v) is 4.53. The lowest BCUT2D eigenvalue weighted by atomic mass is 10.1. The second-order valence-electron chi connectivity index (χ2n) is 4.53. The summed E-state index contributed by atoms with van der Waals surface area (Å²) in [6, 6.07) is 9.95. The highest BCUT2D eigenvalue weighted by Crippen LogP contribution is 2.29. The fourth-order valence-corrected chi connectivity index (χ4v) is 2.38. The number of rotatable bonds is 1. The molecular weight excluding hydrogens is 224 g/mol. The lowest BCUT2D eigenvalue weighted by Crippen LogP contribution is -2.29. The van der Waals surface area contributed by atoms with Crippen molar-refractivity contribution in [2.75, 3.05) is 11.4 Å². The third kappa shape index (κ3) is 1.68. The van der Waals surface area contributed by atoms with Crippen LogP contribution in [0.25, 0.3) is 0 Å². The average Bonchev–Trinajstić information content (AvgIpc) is 2.82. The Labute approximate surface area is 106 Å². The highest BCUT2D eigenvalue weighted by Gasteiger charge is 2.25. The number of hydrogen-bond donors (Lipinski definition) is 0. The average molecular weight is 238 g/mol. The number of carbonyl (C=O) groups excluding carboxylic acids is 1. The summed E-state index contributed by atoms with van der Waals surface area (Å²) in [7, 11) is 0. The van der Waals surface area contributed by atoms with Gasteiger partial charge in [-0.2, -0.15) is 0 Å². The van der Waals surface area contributed by atoms with Crippen LogP contribution in [0.2, 0.25) is 0 Å². The van der Waals surface area contributed by atoms with E-state index in [1.807, 2.05) is 36.1 Å². The molecule has 0 aliphatic carbocycles. The van der Waals surface area contributed by atoms with Gasteiger partial charge in [-0.15, -0.1) is 0 Å². The van der Waals surface area contributed by atoms with Crippen LogP contribution in [0.4, 0.5) is 5.69 Å². The number of para-hydroxylation sites is 1. The smallest absolute Gasteiger partial charge is 0.260 e. The Balaban J connectivity index is 1.99. The molecular formula is C15H14N2O. The minimum absolute atomic E-state index is 0.0468. The van der Waals surface area contributed by atoms with Crippen molar-refractivity contribution in [2.24, 2.45) is 0 Å². The van der Waals surface area contributed by atoms with Crippen LogP contribution in [-0.4, -0.2) is 17.4 Å². The van der Waals surface area contributed by atoms with Gasteiger partial charge in [-0.25, -0.2) is 0 Å². The lowest BCUT2D eigenvalue weighted by molar-refractivity contribution is 0.0988. The maximum absolute atomic E-state index is 12.5. The number of aromatic nitrogens is 1. The summed E-state index contributed by atoms with van der Waals surface area (Å²) in [6.45, 7) is 2.70. The standard InChI is InChI=1S/C15H14N2O/c1-11-6-8-16-10-13(11)15(18)17-9-7-12-4-2-3-5-14(12)17/h2-6,8,10H,7,9H2,1H3. The topological polar surface area (TPSA) is 33.2 Å². The molecule has 3 heteroatoms. The fourth-order valence-electron chi connectivity index (χ4n) is 2.38. The van der Waals surface area contributed by atoms with Crippen molar-refractivity contribution in [1.29, 1.82) is 0 Å². The Hall–Kier alpha value is -2.16. The van der Waals surface area contributed by atoms with E-state index < -0.39 is 0 Å². The van der Waals surface area contributed by atoms with E-state index in [1.54, 1.807) is 12.4 Å². The molecule has 2 aromatic rings. The number of aryl methyl sites for hydroxylation is 1. The lowest BCUT2D eigenvalue weighted by Gasteiger charge is -2.18. The van der Waals surface area contributed by atoms with Crippen molar-refractivity contribution in [3.63, 3.8) is 0 Å². The molecule has 1 aromatic heterocycles. The molecule has 0 saturated heterocycles. The van der Waals surface area contributed by atoms with Gasteiger partial charge < -0.3 is 4.90 Å². The molecule has 1 aliphatic heterocycles.